The van der Waals surface area contributed by atoms with Gasteiger partial charge >= 0.3 is 0 Å². The van der Waals surface area contributed by atoms with E-state index in [0.29, 0.717) is 5.75 Å². The molecule has 0 unspecified atom stereocenters. The Morgan fingerprint density at radius 2 is 1.76 bits per heavy atom. The van der Waals surface area contributed by atoms with Crippen molar-refractivity contribution >= 4 is 59.2 Å². The molecule has 0 atom stereocenters. The van der Waals surface area contributed by atoms with Crippen LogP contribution >= 0.6 is 47.8 Å². The smallest absolute Gasteiger partial charge is 0.292 e. The summed E-state index contributed by atoms with van der Waals surface area (Å²) >= 11 is 10.2. The molecule has 0 bridgehead atoms. The number of nitrogens with zero attached hydrogens (tertiary/aromatic N) is 1. The van der Waals surface area contributed by atoms with E-state index in [1.807, 2.05) is 12.1 Å². The zero-order valence-corrected chi connectivity index (χ0v) is 15.2. The number of nitro groups is 1. The Hall–Kier alpha value is -1.12. The number of hydrogen-bond acceptors (Lipinski definition) is 4. The minimum atomic E-state index is -0.512. The van der Waals surface area contributed by atoms with E-state index in [9.17, 15) is 10.1 Å². The van der Waals surface area contributed by atoms with Gasteiger partial charge in [0.05, 0.1) is 13.9 Å². The number of nitro benzene ring substituents is 1. The molecule has 0 spiro atoms. The van der Waals surface area contributed by atoms with Gasteiger partial charge in [-0.2, -0.15) is 0 Å². The molecule has 0 saturated heterocycles. The van der Waals surface area contributed by atoms with Gasteiger partial charge in [0, 0.05) is 10.5 Å². The topological polar surface area (TPSA) is 78.4 Å². The molecule has 0 aliphatic carbocycles. The van der Waals surface area contributed by atoms with Crippen molar-refractivity contribution in [2.75, 3.05) is 5.73 Å². The molecule has 2 aromatic rings. The van der Waals surface area contributed by atoms with E-state index in [-0.39, 0.29) is 18.0 Å². The van der Waals surface area contributed by atoms with Crippen LogP contribution in [0.5, 0.6) is 5.75 Å². The minimum absolute atomic E-state index is 0.107. The van der Waals surface area contributed by atoms with Crippen LogP contribution in [0.4, 0.5) is 11.4 Å². The molecule has 5 nitrogen and oxygen atoms in total. The molecule has 2 rings (SSSR count). The molecule has 0 saturated carbocycles. The monoisotopic (exact) mass is 478 g/mol. The van der Waals surface area contributed by atoms with Crippen molar-refractivity contribution in [3.05, 3.63) is 59.4 Å². The fraction of sp³-hybridized carbons (Fsp3) is 0.0769. The zero-order chi connectivity index (χ0) is 15.6. The number of ether oxygens (including phenoxy) is 1. The summed E-state index contributed by atoms with van der Waals surface area (Å²) in [6, 6.07) is 8.27. The Labute approximate surface area is 146 Å². The Kier molecular flexibility index (Phi) is 5.23. The van der Waals surface area contributed by atoms with Gasteiger partial charge in [0.15, 0.2) is 0 Å². The standard InChI is InChI=1S/C13H9Br3N2O3/c14-8-4-9(15)13(10(16)5-8)21-6-7-1-2-12(18(19)20)11(17)3-7/h1-5H,6,17H2. The number of benzene rings is 2. The number of nitrogens with two attached hydrogens (primary N) is 1. The lowest BCUT2D eigenvalue weighted by Gasteiger charge is -2.11. The van der Waals surface area contributed by atoms with Crippen molar-refractivity contribution in [3.8, 4) is 5.75 Å². The van der Waals surface area contributed by atoms with Crippen molar-refractivity contribution in [1.82, 2.24) is 0 Å². The summed E-state index contributed by atoms with van der Waals surface area (Å²) in [5.74, 6) is 0.648. The number of hydrogen-bond donors (Lipinski definition) is 1. The van der Waals surface area contributed by atoms with E-state index in [0.717, 1.165) is 19.0 Å². The summed E-state index contributed by atoms with van der Waals surface area (Å²) in [5, 5.41) is 10.7. The van der Waals surface area contributed by atoms with Crippen LogP contribution in [-0.2, 0) is 6.61 Å². The minimum Gasteiger partial charge on any atom is -0.487 e. The van der Waals surface area contributed by atoms with E-state index >= 15 is 0 Å². The van der Waals surface area contributed by atoms with Gasteiger partial charge in [-0.25, -0.2) is 0 Å². The van der Waals surface area contributed by atoms with Crippen LogP contribution in [-0.4, -0.2) is 4.92 Å². The summed E-state index contributed by atoms with van der Waals surface area (Å²) in [6.07, 6.45) is 0. The molecule has 0 radical (unpaired) electrons. The maximum Gasteiger partial charge on any atom is 0.292 e. The first-order valence-corrected chi connectivity index (χ1v) is 8.06. The normalized spacial score (nSPS) is 10.4. The third-order valence-electron chi connectivity index (χ3n) is 2.63. The van der Waals surface area contributed by atoms with Crippen molar-refractivity contribution < 1.29 is 9.66 Å². The van der Waals surface area contributed by atoms with Crippen molar-refractivity contribution in [1.29, 1.82) is 0 Å². The van der Waals surface area contributed by atoms with Crippen LogP contribution in [0.3, 0.4) is 0 Å². The first-order valence-electron chi connectivity index (χ1n) is 5.68. The number of halogens is 3. The number of nitrogen functional groups attached to an aromatic ring is 1. The van der Waals surface area contributed by atoms with Crippen molar-refractivity contribution in [2.24, 2.45) is 0 Å². The van der Waals surface area contributed by atoms with Gasteiger partial charge in [-0.15, -0.1) is 0 Å². The quantitative estimate of drug-likeness (QED) is 0.377. The van der Waals surface area contributed by atoms with Gasteiger partial charge in [-0.3, -0.25) is 10.1 Å². The van der Waals surface area contributed by atoms with Gasteiger partial charge in [-0.05, 0) is 61.7 Å². The number of anilines is 1. The average molecular weight is 481 g/mol. The van der Waals surface area contributed by atoms with Gasteiger partial charge < -0.3 is 10.5 Å². The molecule has 2 aromatic carbocycles. The molecular weight excluding hydrogens is 472 g/mol. The Morgan fingerprint density at radius 3 is 2.29 bits per heavy atom. The fourth-order valence-corrected chi connectivity index (χ4v) is 4.17. The lowest BCUT2D eigenvalue weighted by Crippen LogP contribution is -2.00. The summed E-state index contributed by atoms with van der Waals surface area (Å²) in [5.41, 5.74) is 6.41. The summed E-state index contributed by atoms with van der Waals surface area (Å²) in [4.78, 5) is 10.2. The molecule has 21 heavy (non-hydrogen) atoms. The van der Waals surface area contributed by atoms with E-state index < -0.39 is 4.92 Å². The van der Waals surface area contributed by atoms with Crippen LogP contribution in [0.15, 0.2) is 43.7 Å². The van der Waals surface area contributed by atoms with Crippen LogP contribution < -0.4 is 10.5 Å². The second-order valence-electron chi connectivity index (χ2n) is 4.14. The Balaban J connectivity index is 2.17. The van der Waals surface area contributed by atoms with E-state index in [4.69, 9.17) is 10.5 Å². The maximum absolute atomic E-state index is 10.7. The highest BCUT2D eigenvalue weighted by molar-refractivity contribution is 9.11. The highest BCUT2D eigenvalue weighted by Crippen LogP contribution is 2.37. The van der Waals surface area contributed by atoms with Gasteiger partial charge in [0.25, 0.3) is 5.69 Å². The molecule has 0 fully saturated rings. The predicted octanol–water partition coefficient (Wildman–Crippen LogP) is 5.04. The predicted molar refractivity (Wildman–Crippen MR) is 91.4 cm³/mol. The molecule has 0 heterocycles. The lowest BCUT2D eigenvalue weighted by atomic mass is 10.2. The number of rotatable bonds is 4. The largest absolute Gasteiger partial charge is 0.487 e. The molecule has 8 heteroatoms. The van der Waals surface area contributed by atoms with E-state index in [2.05, 4.69) is 47.8 Å². The zero-order valence-electron chi connectivity index (χ0n) is 10.5. The highest BCUT2D eigenvalue weighted by Gasteiger charge is 2.12. The molecule has 0 aliphatic rings. The molecule has 0 aromatic heterocycles. The first kappa shape index (κ1) is 16.3. The van der Waals surface area contributed by atoms with Crippen LogP contribution in [0.1, 0.15) is 5.56 Å². The highest BCUT2D eigenvalue weighted by atomic mass is 79.9. The molecule has 110 valence electrons. The van der Waals surface area contributed by atoms with Crippen LogP contribution in [0.2, 0.25) is 0 Å². The Bertz CT molecular complexity index is 684. The Morgan fingerprint density at radius 1 is 1.14 bits per heavy atom. The van der Waals surface area contributed by atoms with Gasteiger partial charge in [-0.1, -0.05) is 15.9 Å². The molecule has 2 N–H and O–H groups in total. The fourth-order valence-electron chi connectivity index (χ4n) is 1.68. The SMILES string of the molecule is Nc1cc(COc2c(Br)cc(Br)cc2Br)ccc1[N+](=O)[O-]. The lowest BCUT2D eigenvalue weighted by molar-refractivity contribution is -0.383. The van der Waals surface area contributed by atoms with Gasteiger partial charge in [0.1, 0.15) is 18.0 Å². The van der Waals surface area contributed by atoms with Crippen molar-refractivity contribution in [3.63, 3.8) is 0 Å². The van der Waals surface area contributed by atoms with Gasteiger partial charge in [0.2, 0.25) is 0 Å². The maximum atomic E-state index is 10.7. The second kappa shape index (κ2) is 6.76. The third-order valence-corrected chi connectivity index (χ3v) is 4.27. The van der Waals surface area contributed by atoms with Crippen LogP contribution in [0, 0.1) is 10.1 Å². The molecular formula is C13H9Br3N2O3. The molecule has 0 aliphatic heterocycles. The summed E-state index contributed by atoms with van der Waals surface area (Å²) in [7, 11) is 0. The third kappa shape index (κ3) is 3.96. The van der Waals surface area contributed by atoms with Crippen molar-refractivity contribution in [2.45, 2.75) is 6.61 Å². The first-order chi connectivity index (χ1) is 9.88. The van der Waals surface area contributed by atoms with Crippen LogP contribution in [0.25, 0.3) is 0 Å². The summed E-state index contributed by atoms with van der Waals surface area (Å²) < 4.78 is 8.22. The average Bonchev–Trinajstić information content (AvgIpc) is 2.36. The second-order valence-corrected chi connectivity index (χ2v) is 6.76. The van der Waals surface area contributed by atoms with E-state index in [1.54, 1.807) is 12.1 Å². The molecule has 0 amide bonds. The van der Waals surface area contributed by atoms with E-state index in [1.165, 1.54) is 6.07 Å². The summed E-state index contributed by atoms with van der Waals surface area (Å²) in [6.45, 7) is 0.251.